The fraction of sp³-hybridized carbons (Fsp3) is 0.238. The molecule has 3 rings (SSSR count). The maximum absolute atomic E-state index is 12.5. The van der Waals surface area contributed by atoms with Crippen LogP contribution in [0, 0.1) is 0 Å². The first-order chi connectivity index (χ1) is 15.2. The Bertz CT molecular complexity index is 1150. The number of ether oxygens (including phenoxy) is 4. The van der Waals surface area contributed by atoms with Crippen molar-refractivity contribution >= 4 is 40.1 Å². The van der Waals surface area contributed by atoms with Crippen molar-refractivity contribution in [3.8, 4) is 17.2 Å². The standard InChI is InChI=1S/C21H19ClF2N2O6/c1-10(19(27)25-12-4-5-16(14(22)8-12)32-21(23)24)31-20(28)15-7-11-6-13(29-2)9-17(30-3)18(11)26-15/h4-10,21,26H,1-3H3,(H,25,27). The smallest absolute Gasteiger partial charge is 0.387 e. The number of methoxy groups -OCH3 is 2. The maximum Gasteiger partial charge on any atom is 0.387 e. The van der Waals surface area contributed by atoms with Gasteiger partial charge in [0.15, 0.2) is 6.10 Å². The second-order valence-electron chi connectivity index (χ2n) is 6.54. The van der Waals surface area contributed by atoms with E-state index in [-0.39, 0.29) is 22.2 Å². The van der Waals surface area contributed by atoms with Gasteiger partial charge in [0.2, 0.25) is 0 Å². The van der Waals surface area contributed by atoms with Gasteiger partial charge in [-0.1, -0.05) is 11.6 Å². The predicted octanol–water partition coefficient (Wildman–Crippen LogP) is 4.62. The summed E-state index contributed by atoms with van der Waals surface area (Å²) in [4.78, 5) is 27.8. The Morgan fingerprint density at radius 2 is 1.81 bits per heavy atom. The van der Waals surface area contributed by atoms with Crippen LogP contribution < -0.4 is 19.5 Å². The monoisotopic (exact) mass is 468 g/mol. The largest absolute Gasteiger partial charge is 0.497 e. The van der Waals surface area contributed by atoms with E-state index < -0.39 is 24.6 Å². The number of nitrogens with one attached hydrogen (secondary N) is 2. The average Bonchev–Trinajstić information content (AvgIpc) is 3.19. The van der Waals surface area contributed by atoms with Crippen LogP contribution in [0.2, 0.25) is 5.02 Å². The molecule has 3 aromatic rings. The van der Waals surface area contributed by atoms with Crippen LogP contribution in [0.25, 0.3) is 10.9 Å². The molecule has 1 aromatic heterocycles. The summed E-state index contributed by atoms with van der Waals surface area (Å²) in [5.74, 6) is -0.620. The second-order valence-corrected chi connectivity index (χ2v) is 6.94. The first-order valence-corrected chi connectivity index (χ1v) is 9.60. The van der Waals surface area contributed by atoms with Crippen LogP contribution in [0.15, 0.2) is 36.4 Å². The number of alkyl halides is 2. The topological polar surface area (TPSA) is 98.9 Å². The molecule has 1 unspecified atom stereocenters. The van der Waals surface area contributed by atoms with Crippen LogP contribution >= 0.6 is 11.6 Å². The number of anilines is 1. The van der Waals surface area contributed by atoms with E-state index in [4.69, 9.17) is 25.8 Å². The van der Waals surface area contributed by atoms with Crippen molar-refractivity contribution in [1.29, 1.82) is 0 Å². The zero-order chi connectivity index (χ0) is 23.4. The van der Waals surface area contributed by atoms with Gasteiger partial charge in [-0.05, 0) is 37.3 Å². The molecule has 0 saturated carbocycles. The van der Waals surface area contributed by atoms with E-state index in [1.54, 1.807) is 18.2 Å². The van der Waals surface area contributed by atoms with E-state index in [1.165, 1.54) is 39.3 Å². The average molecular weight is 469 g/mol. The summed E-state index contributed by atoms with van der Waals surface area (Å²) in [5.41, 5.74) is 0.896. The van der Waals surface area contributed by atoms with Crippen LogP contribution in [0.4, 0.5) is 14.5 Å². The number of carbonyl (C=O) groups is 2. The lowest BCUT2D eigenvalue weighted by atomic mass is 10.2. The molecule has 32 heavy (non-hydrogen) atoms. The molecule has 0 aliphatic heterocycles. The molecule has 170 valence electrons. The van der Waals surface area contributed by atoms with E-state index in [1.807, 2.05) is 0 Å². The Balaban J connectivity index is 1.69. The number of aromatic amines is 1. The van der Waals surface area contributed by atoms with Crippen molar-refractivity contribution in [2.75, 3.05) is 19.5 Å². The number of carbonyl (C=O) groups excluding carboxylic acids is 2. The molecule has 0 spiro atoms. The van der Waals surface area contributed by atoms with Crippen LogP contribution in [-0.2, 0) is 9.53 Å². The maximum atomic E-state index is 12.5. The Kier molecular flexibility index (Phi) is 7.04. The van der Waals surface area contributed by atoms with Gasteiger partial charge in [0.25, 0.3) is 5.91 Å². The molecular formula is C21H19ClF2N2O6. The summed E-state index contributed by atoms with van der Waals surface area (Å²) in [6.07, 6.45) is -1.17. The third-order valence-corrected chi connectivity index (χ3v) is 4.71. The normalized spacial score (nSPS) is 11.8. The number of hydrogen-bond donors (Lipinski definition) is 2. The van der Waals surface area contributed by atoms with Gasteiger partial charge in [0.05, 0.1) is 24.8 Å². The van der Waals surface area contributed by atoms with Crippen LogP contribution in [0.1, 0.15) is 17.4 Å². The molecule has 1 atom stereocenters. The second kappa shape index (κ2) is 9.73. The number of aromatic nitrogens is 1. The van der Waals surface area contributed by atoms with Crippen molar-refractivity contribution < 1.29 is 37.3 Å². The fourth-order valence-corrected chi connectivity index (χ4v) is 3.09. The molecule has 0 aliphatic carbocycles. The lowest BCUT2D eigenvalue weighted by Crippen LogP contribution is -2.30. The van der Waals surface area contributed by atoms with Crippen LogP contribution in [-0.4, -0.2) is 43.8 Å². The highest BCUT2D eigenvalue weighted by atomic mass is 35.5. The van der Waals surface area contributed by atoms with Crippen molar-refractivity contribution in [1.82, 2.24) is 4.98 Å². The van der Waals surface area contributed by atoms with Gasteiger partial charge in [-0.2, -0.15) is 8.78 Å². The van der Waals surface area contributed by atoms with Crippen molar-refractivity contribution in [3.05, 3.63) is 47.1 Å². The van der Waals surface area contributed by atoms with Gasteiger partial charge in [0.1, 0.15) is 22.9 Å². The summed E-state index contributed by atoms with van der Waals surface area (Å²) >= 11 is 5.87. The number of H-pyrrole nitrogens is 1. The van der Waals surface area contributed by atoms with E-state index in [9.17, 15) is 18.4 Å². The molecule has 8 nitrogen and oxygen atoms in total. The third kappa shape index (κ3) is 5.20. The van der Waals surface area contributed by atoms with Gasteiger partial charge in [0, 0.05) is 17.1 Å². The third-order valence-electron chi connectivity index (χ3n) is 4.41. The highest BCUT2D eigenvalue weighted by Gasteiger charge is 2.22. The number of fused-ring (bicyclic) bond motifs is 1. The summed E-state index contributed by atoms with van der Waals surface area (Å²) in [6, 6.07) is 8.68. The Hall–Kier alpha value is -3.53. The van der Waals surface area contributed by atoms with E-state index in [0.717, 1.165) is 0 Å². The summed E-state index contributed by atoms with van der Waals surface area (Å²) in [7, 11) is 2.99. The van der Waals surface area contributed by atoms with Gasteiger partial charge in [-0.15, -0.1) is 0 Å². The number of amides is 1. The molecular weight excluding hydrogens is 450 g/mol. The van der Waals surface area contributed by atoms with Crippen molar-refractivity contribution in [3.63, 3.8) is 0 Å². The molecule has 0 radical (unpaired) electrons. The molecule has 0 bridgehead atoms. The Morgan fingerprint density at radius 1 is 1.06 bits per heavy atom. The number of esters is 1. The summed E-state index contributed by atoms with van der Waals surface area (Å²) in [5, 5.41) is 3.03. The minimum absolute atomic E-state index is 0.114. The van der Waals surface area contributed by atoms with Crippen LogP contribution in [0.5, 0.6) is 17.2 Å². The summed E-state index contributed by atoms with van der Waals surface area (Å²) < 4.78 is 44.6. The van der Waals surface area contributed by atoms with Gasteiger partial charge >= 0.3 is 12.6 Å². The first kappa shape index (κ1) is 23.1. The van der Waals surface area contributed by atoms with Gasteiger partial charge in [-0.3, -0.25) is 4.79 Å². The Morgan fingerprint density at radius 3 is 2.44 bits per heavy atom. The van der Waals surface area contributed by atoms with Crippen molar-refractivity contribution in [2.45, 2.75) is 19.6 Å². The summed E-state index contributed by atoms with van der Waals surface area (Å²) in [6.45, 7) is -1.65. The van der Waals surface area contributed by atoms with E-state index in [0.29, 0.717) is 22.4 Å². The quantitative estimate of drug-likeness (QED) is 0.468. The van der Waals surface area contributed by atoms with E-state index >= 15 is 0 Å². The molecule has 11 heteroatoms. The predicted molar refractivity (Wildman–Crippen MR) is 113 cm³/mol. The fourth-order valence-electron chi connectivity index (χ4n) is 2.86. The number of rotatable bonds is 8. The van der Waals surface area contributed by atoms with Crippen molar-refractivity contribution in [2.24, 2.45) is 0 Å². The highest BCUT2D eigenvalue weighted by Crippen LogP contribution is 2.32. The first-order valence-electron chi connectivity index (χ1n) is 9.22. The minimum Gasteiger partial charge on any atom is -0.497 e. The lowest BCUT2D eigenvalue weighted by Gasteiger charge is -2.14. The molecule has 0 aliphatic rings. The zero-order valence-electron chi connectivity index (χ0n) is 17.2. The van der Waals surface area contributed by atoms with E-state index in [2.05, 4.69) is 15.0 Å². The van der Waals surface area contributed by atoms with Gasteiger partial charge in [-0.25, -0.2) is 4.79 Å². The van der Waals surface area contributed by atoms with Gasteiger partial charge < -0.3 is 29.2 Å². The zero-order valence-corrected chi connectivity index (χ0v) is 18.0. The molecule has 1 heterocycles. The molecule has 0 saturated heterocycles. The molecule has 2 N–H and O–H groups in total. The SMILES string of the molecule is COc1cc(OC)c2[nH]c(C(=O)OC(C)C(=O)Nc3ccc(OC(F)F)c(Cl)c3)cc2c1. The minimum atomic E-state index is -3.03. The molecule has 2 aromatic carbocycles. The highest BCUT2D eigenvalue weighted by molar-refractivity contribution is 6.32. The lowest BCUT2D eigenvalue weighted by molar-refractivity contribution is -0.123. The number of benzene rings is 2. The van der Waals surface area contributed by atoms with Crippen LogP contribution in [0.3, 0.4) is 0 Å². The number of hydrogen-bond acceptors (Lipinski definition) is 6. The molecule has 1 amide bonds. The number of halogens is 3. The molecule has 0 fully saturated rings. The Labute approximate surface area is 186 Å².